The predicted octanol–water partition coefficient (Wildman–Crippen LogP) is 4.22. The molecule has 1 amide bonds. The monoisotopic (exact) mass is 456 g/mol. The first-order valence-corrected chi connectivity index (χ1v) is 11.4. The van der Waals surface area contributed by atoms with E-state index in [2.05, 4.69) is 14.5 Å². The van der Waals surface area contributed by atoms with Crippen LogP contribution >= 0.6 is 0 Å². The van der Waals surface area contributed by atoms with E-state index in [1.165, 1.54) is 0 Å². The molecule has 2 aromatic carbocycles. The number of benzene rings is 2. The van der Waals surface area contributed by atoms with Gasteiger partial charge in [-0.2, -0.15) is 0 Å². The van der Waals surface area contributed by atoms with Crippen molar-refractivity contribution in [1.29, 1.82) is 0 Å². The minimum Gasteiger partial charge on any atom is -0.496 e. The molecule has 0 bridgehead atoms. The molecule has 1 aliphatic heterocycles. The third-order valence-corrected chi connectivity index (χ3v) is 6.53. The molecule has 34 heavy (non-hydrogen) atoms. The number of amides is 1. The van der Waals surface area contributed by atoms with Crippen LogP contribution in [0.2, 0.25) is 0 Å². The Kier molecular flexibility index (Phi) is 5.84. The molecule has 1 fully saturated rings. The van der Waals surface area contributed by atoms with Crippen molar-refractivity contribution in [3.63, 3.8) is 0 Å². The van der Waals surface area contributed by atoms with Gasteiger partial charge in [-0.15, -0.1) is 0 Å². The molecule has 0 radical (unpaired) electrons. The molecular formula is C27H28N4O3. The van der Waals surface area contributed by atoms with Gasteiger partial charge in [-0.1, -0.05) is 30.3 Å². The first-order chi connectivity index (χ1) is 16.6. The van der Waals surface area contributed by atoms with Crippen LogP contribution in [0.25, 0.3) is 22.2 Å². The van der Waals surface area contributed by atoms with E-state index in [0.717, 1.165) is 41.1 Å². The maximum Gasteiger partial charge on any atom is 0.256 e. The number of ether oxygens (including phenoxy) is 2. The van der Waals surface area contributed by atoms with Crippen LogP contribution in [0, 0.1) is 0 Å². The van der Waals surface area contributed by atoms with Crippen LogP contribution in [-0.4, -0.2) is 60.8 Å². The summed E-state index contributed by atoms with van der Waals surface area (Å²) in [4.78, 5) is 22.7. The summed E-state index contributed by atoms with van der Waals surface area (Å²) in [6, 6.07) is 19.6. The number of rotatable bonds is 5. The minimum atomic E-state index is 0.0143. The molecule has 5 rings (SSSR count). The second-order valence-corrected chi connectivity index (χ2v) is 8.30. The molecule has 1 saturated heterocycles. The number of piperazine rings is 1. The summed E-state index contributed by atoms with van der Waals surface area (Å²) in [5.41, 5.74) is 3.24. The van der Waals surface area contributed by atoms with Crippen molar-refractivity contribution in [1.82, 2.24) is 14.5 Å². The fourth-order valence-corrected chi connectivity index (χ4v) is 4.82. The van der Waals surface area contributed by atoms with E-state index in [-0.39, 0.29) is 5.91 Å². The van der Waals surface area contributed by atoms with Gasteiger partial charge in [0, 0.05) is 50.3 Å². The highest BCUT2D eigenvalue weighted by atomic mass is 16.5. The normalized spacial score (nSPS) is 13.9. The van der Waals surface area contributed by atoms with Gasteiger partial charge in [0.15, 0.2) is 0 Å². The molecule has 0 unspecified atom stereocenters. The Labute approximate surface area is 199 Å². The number of hydrogen-bond donors (Lipinski definition) is 0. The second kappa shape index (κ2) is 9.09. The SMILES string of the molecule is COc1cccc(OC)c1-c1c(C(=O)N2CCN(c3ccccn3)CC2)c2ccccc2n1C. The second-order valence-electron chi connectivity index (χ2n) is 8.30. The number of carbonyl (C=O) groups excluding carboxylic acids is 1. The number of aromatic nitrogens is 2. The van der Waals surface area contributed by atoms with Crippen LogP contribution < -0.4 is 14.4 Å². The number of carbonyl (C=O) groups is 1. The Hall–Kier alpha value is -4.00. The molecule has 0 N–H and O–H groups in total. The summed E-state index contributed by atoms with van der Waals surface area (Å²) in [5.74, 6) is 2.29. The smallest absolute Gasteiger partial charge is 0.256 e. The van der Waals surface area contributed by atoms with Crippen LogP contribution in [0.4, 0.5) is 5.82 Å². The van der Waals surface area contributed by atoms with Crippen LogP contribution in [0.1, 0.15) is 10.4 Å². The maximum atomic E-state index is 14.1. The Morgan fingerprint density at radius 2 is 1.53 bits per heavy atom. The van der Waals surface area contributed by atoms with Gasteiger partial charge in [0.05, 0.1) is 31.0 Å². The summed E-state index contributed by atoms with van der Waals surface area (Å²) in [7, 11) is 5.26. The lowest BCUT2D eigenvalue weighted by molar-refractivity contribution is 0.0749. The first kappa shape index (κ1) is 21.8. The minimum absolute atomic E-state index is 0.0143. The van der Waals surface area contributed by atoms with Crippen LogP contribution in [0.15, 0.2) is 66.9 Å². The van der Waals surface area contributed by atoms with Crippen LogP contribution in [0.3, 0.4) is 0 Å². The number of hydrogen-bond acceptors (Lipinski definition) is 5. The van der Waals surface area contributed by atoms with E-state index in [1.54, 1.807) is 20.4 Å². The summed E-state index contributed by atoms with van der Waals surface area (Å²) in [5, 5.41) is 0.921. The molecule has 7 nitrogen and oxygen atoms in total. The van der Waals surface area contributed by atoms with Crippen molar-refractivity contribution in [2.24, 2.45) is 7.05 Å². The van der Waals surface area contributed by atoms with Crippen molar-refractivity contribution >= 4 is 22.6 Å². The van der Waals surface area contributed by atoms with Gasteiger partial charge < -0.3 is 23.8 Å². The Morgan fingerprint density at radius 3 is 2.18 bits per heavy atom. The highest BCUT2D eigenvalue weighted by molar-refractivity contribution is 6.13. The van der Waals surface area contributed by atoms with Gasteiger partial charge in [0.25, 0.3) is 5.91 Å². The van der Waals surface area contributed by atoms with E-state index in [1.807, 2.05) is 72.6 Å². The highest BCUT2D eigenvalue weighted by Crippen LogP contribution is 2.43. The quantitative estimate of drug-likeness (QED) is 0.450. The third kappa shape index (κ3) is 3.63. The van der Waals surface area contributed by atoms with Crippen molar-refractivity contribution in [3.8, 4) is 22.8 Å². The molecule has 1 aliphatic rings. The summed E-state index contributed by atoms with van der Waals surface area (Å²) < 4.78 is 13.5. The van der Waals surface area contributed by atoms with Crippen LogP contribution in [0.5, 0.6) is 11.5 Å². The van der Waals surface area contributed by atoms with Gasteiger partial charge in [-0.3, -0.25) is 4.79 Å². The van der Waals surface area contributed by atoms with Gasteiger partial charge >= 0.3 is 0 Å². The lowest BCUT2D eigenvalue weighted by atomic mass is 10.0. The summed E-state index contributed by atoms with van der Waals surface area (Å²) in [6.07, 6.45) is 1.80. The van der Waals surface area contributed by atoms with Crippen molar-refractivity contribution in [2.75, 3.05) is 45.3 Å². The van der Waals surface area contributed by atoms with Gasteiger partial charge in [0.1, 0.15) is 17.3 Å². The molecule has 0 spiro atoms. The number of nitrogens with zero attached hydrogens (tertiary/aromatic N) is 4. The molecule has 0 atom stereocenters. The van der Waals surface area contributed by atoms with Crippen molar-refractivity contribution < 1.29 is 14.3 Å². The number of para-hydroxylation sites is 1. The molecule has 174 valence electrons. The Morgan fingerprint density at radius 1 is 0.853 bits per heavy atom. The zero-order chi connectivity index (χ0) is 23.7. The Balaban J connectivity index is 1.58. The lowest BCUT2D eigenvalue weighted by Crippen LogP contribution is -2.49. The van der Waals surface area contributed by atoms with E-state index >= 15 is 0 Å². The average Bonchev–Trinajstić information content (AvgIpc) is 3.20. The summed E-state index contributed by atoms with van der Waals surface area (Å²) in [6.45, 7) is 2.73. The fraction of sp³-hybridized carbons (Fsp3) is 0.259. The number of anilines is 1. The predicted molar refractivity (Wildman–Crippen MR) is 134 cm³/mol. The third-order valence-electron chi connectivity index (χ3n) is 6.53. The zero-order valence-corrected chi connectivity index (χ0v) is 19.7. The topological polar surface area (TPSA) is 59.8 Å². The summed E-state index contributed by atoms with van der Waals surface area (Å²) >= 11 is 0. The standard InChI is InChI=1S/C27H28N4O3/c1-29-20-10-5-4-9-19(20)24(26(29)25-21(33-2)11-8-12-22(25)34-3)27(32)31-17-15-30(16-18-31)23-13-6-7-14-28-23/h4-14H,15-18H2,1-3H3. The van der Waals surface area contributed by atoms with Crippen molar-refractivity contribution in [3.05, 3.63) is 72.4 Å². The molecule has 7 heteroatoms. The molecule has 4 aromatic rings. The number of methoxy groups -OCH3 is 2. The van der Waals surface area contributed by atoms with E-state index in [4.69, 9.17) is 9.47 Å². The number of pyridine rings is 1. The van der Waals surface area contributed by atoms with Crippen LogP contribution in [-0.2, 0) is 7.05 Å². The molecule has 0 saturated carbocycles. The van der Waals surface area contributed by atoms with E-state index in [9.17, 15) is 4.79 Å². The lowest BCUT2D eigenvalue weighted by Gasteiger charge is -2.35. The Bertz CT molecular complexity index is 1300. The van der Waals surface area contributed by atoms with Gasteiger partial charge in [0.2, 0.25) is 0 Å². The number of aryl methyl sites for hydroxylation is 1. The van der Waals surface area contributed by atoms with E-state index < -0.39 is 0 Å². The van der Waals surface area contributed by atoms with E-state index in [0.29, 0.717) is 30.2 Å². The highest BCUT2D eigenvalue weighted by Gasteiger charge is 2.31. The van der Waals surface area contributed by atoms with Crippen molar-refractivity contribution in [2.45, 2.75) is 0 Å². The fourth-order valence-electron chi connectivity index (χ4n) is 4.82. The zero-order valence-electron chi connectivity index (χ0n) is 19.7. The van der Waals surface area contributed by atoms with Gasteiger partial charge in [-0.25, -0.2) is 4.98 Å². The first-order valence-electron chi connectivity index (χ1n) is 11.4. The maximum absolute atomic E-state index is 14.1. The number of fused-ring (bicyclic) bond motifs is 1. The van der Waals surface area contributed by atoms with Gasteiger partial charge in [-0.05, 0) is 30.3 Å². The average molecular weight is 457 g/mol. The molecule has 2 aromatic heterocycles. The molecular weight excluding hydrogens is 428 g/mol. The largest absolute Gasteiger partial charge is 0.496 e. The molecule has 0 aliphatic carbocycles. The molecule has 3 heterocycles.